The van der Waals surface area contributed by atoms with Gasteiger partial charge in [-0.3, -0.25) is 4.31 Å². The number of rotatable bonds is 4. The molecule has 29 heavy (non-hydrogen) atoms. The molecule has 9 heteroatoms. The number of para-hydroxylation sites is 1. The first-order chi connectivity index (χ1) is 14.0. The fraction of sp³-hybridized carbons (Fsp3) is 0.100. The van der Waals surface area contributed by atoms with Gasteiger partial charge in [0.2, 0.25) is 5.82 Å². The summed E-state index contributed by atoms with van der Waals surface area (Å²) in [6.07, 6.45) is 0.710. The Morgan fingerprint density at radius 2 is 1.86 bits per heavy atom. The molecule has 0 amide bonds. The SMILES string of the molecule is O=S(=O)(c1cc(-c2nc(-c3ccc(Cl)cc3)no2)cs1)N1CCc2ccccc21. The molecule has 6 nitrogen and oxygen atoms in total. The lowest BCUT2D eigenvalue weighted by molar-refractivity contribution is 0.432. The predicted molar refractivity (Wildman–Crippen MR) is 113 cm³/mol. The van der Waals surface area contributed by atoms with Gasteiger partial charge in [-0.1, -0.05) is 35.0 Å². The first-order valence-electron chi connectivity index (χ1n) is 8.81. The van der Waals surface area contributed by atoms with E-state index in [1.54, 1.807) is 35.7 Å². The van der Waals surface area contributed by atoms with Gasteiger partial charge < -0.3 is 4.52 Å². The molecule has 1 aliphatic rings. The largest absolute Gasteiger partial charge is 0.334 e. The third-order valence-corrected chi connectivity index (χ3v) is 8.22. The van der Waals surface area contributed by atoms with E-state index >= 15 is 0 Å². The van der Waals surface area contributed by atoms with E-state index in [1.807, 2.05) is 24.3 Å². The Morgan fingerprint density at radius 1 is 1.07 bits per heavy atom. The van der Waals surface area contributed by atoms with Crippen LogP contribution in [0.25, 0.3) is 22.8 Å². The lowest BCUT2D eigenvalue weighted by Gasteiger charge is -2.18. The molecule has 2 aromatic carbocycles. The molecule has 0 atom stereocenters. The molecule has 0 saturated carbocycles. The molecular formula is C20H14ClN3O3S2. The van der Waals surface area contributed by atoms with Crippen LogP contribution >= 0.6 is 22.9 Å². The zero-order chi connectivity index (χ0) is 20.0. The van der Waals surface area contributed by atoms with Crippen molar-refractivity contribution in [2.24, 2.45) is 0 Å². The van der Waals surface area contributed by atoms with Crippen LogP contribution in [0.1, 0.15) is 5.56 Å². The Morgan fingerprint density at radius 3 is 2.69 bits per heavy atom. The normalized spacial score (nSPS) is 13.6. The molecular weight excluding hydrogens is 430 g/mol. The molecule has 0 fully saturated rings. The lowest BCUT2D eigenvalue weighted by Crippen LogP contribution is -2.28. The van der Waals surface area contributed by atoms with E-state index < -0.39 is 10.0 Å². The van der Waals surface area contributed by atoms with Crippen LogP contribution in [-0.2, 0) is 16.4 Å². The number of halogens is 1. The maximum atomic E-state index is 13.2. The number of benzene rings is 2. The Labute approximate surface area is 176 Å². The fourth-order valence-electron chi connectivity index (χ4n) is 3.29. The number of thiophene rings is 1. The maximum Gasteiger partial charge on any atom is 0.273 e. The number of fused-ring (bicyclic) bond motifs is 1. The molecule has 2 aromatic heterocycles. The minimum absolute atomic E-state index is 0.246. The smallest absolute Gasteiger partial charge is 0.273 e. The summed E-state index contributed by atoms with van der Waals surface area (Å²) in [5.41, 5.74) is 3.12. The van der Waals surface area contributed by atoms with Crippen LogP contribution in [0.3, 0.4) is 0 Å². The summed E-state index contributed by atoms with van der Waals surface area (Å²) in [5.74, 6) is 0.690. The molecule has 146 valence electrons. The van der Waals surface area contributed by atoms with Crippen molar-refractivity contribution in [1.29, 1.82) is 0 Å². The van der Waals surface area contributed by atoms with Crippen molar-refractivity contribution in [3.63, 3.8) is 0 Å². The Kier molecular flexibility index (Phi) is 4.42. The number of hydrogen-bond acceptors (Lipinski definition) is 6. The lowest BCUT2D eigenvalue weighted by atomic mass is 10.2. The number of nitrogens with zero attached hydrogens (tertiary/aromatic N) is 3. The Balaban J connectivity index is 1.45. The van der Waals surface area contributed by atoms with Crippen molar-refractivity contribution in [2.45, 2.75) is 10.6 Å². The molecule has 4 aromatic rings. The first-order valence-corrected chi connectivity index (χ1v) is 11.5. The van der Waals surface area contributed by atoms with E-state index in [4.69, 9.17) is 16.1 Å². The van der Waals surface area contributed by atoms with E-state index in [0.717, 1.165) is 28.2 Å². The standard InChI is InChI=1S/C20H14ClN3O3S2/c21-16-7-5-14(6-8-16)19-22-20(27-23-19)15-11-18(28-12-15)29(25,26)24-10-9-13-3-1-2-4-17(13)24/h1-8,11-12H,9-10H2. The van der Waals surface area contributed by atoms with Crippen LogP contribution in [0.4, 0.5) is 5.69 Å². The molecule has 0 aliphatic carbocycles. The highest BCUT2D eigenvalue weighted by molar-refractivity contribution is 7.94. The van der Waals surface area contributed by atoms with Gasteiger partial charge in [-0.15, -0.1) is 11.3 Å². The van der Waals surface area contributed by atoms with Crippen molar-refractivity contribution in [3.05, 3.63) is 70.6 Å². The van der Waals surface area contributed by atoms with Crippen LogP contribution in [0.5, 0.6) is 0 Å². The Bertz CT molecular complexity index is 1300. The van der Waals surface area contributed by atoms with Crippen molar-refractivity contribution >= 4 is 38.6 Å². The Hall–Kier alpha value is -2.68. The van der Waals surface area contributed by atoms with Crippen molar-refractivity contribution < 1.29 is 12.9 Å². The van der Waals surface area contributed by atoms with E-state index in [0.29, 0.717) is 29.4 Å². The van der Waals surface area contributed by atoms with Gasteiger partial charge in [-0.05, 0) is 48.4 Å². The van der Waals surface area contributed by atoms with Gasteiger partial charge in [0.1, 0.15) is 4.21 Å². The summed E-state index contributed by atoms with van der Waals surface area (Å²) in [6.45, 7) is 0.441. The monoisotopic (exact) mass is 443 g/mol. The second-order valence-corrected chi connectivity index (χ2v) is 9.98. The highest BCUT2D eigenvalue weighted by Gasteiger charge is 2.32. The van der Waals surface area contributed by atoms with Crippen LogP contribution in [0.2, 0.25) is 5.02 Å². The third kappa shape index (κ3) is 3.23. The van der Waals surface area contributed by atoms with Gasteiger partial charge in [-0.25, -0.2) is 8.42 Å². The third-order valence-electron chi connectivity index (χ3n) is 4.74. The zero-order valence-electron chi connectivity index (χ0n) is 14.9. The van der Waals surface area contributed by atoms with Gasteiger partial charge in [-0.2, -0.15) is 4.98 Å². The zero-order valence-corrected chi connectivity index (χ0v) is 17.3. The molecule has 0 N–H and O–H groups in total. The topological polar surface area (TPSA) is 76.3 Å². The van der Waals surface area contributed by atoms with Crippen molar-refractivity contribution in [1.82, 2.24) is 10.1 Å². The van der Waals surface area contributed by atoms with E-state index in [-0.39, 0.29) is 10.1 Å². The van der Waals surface area contributed by atoms with Gasteiger partial charge in [0.05, 0.1) is 11.3 Å². The molecule has 0 saturated heterocycles. The van der Waals surface area contributed by atoms with E-state index in [9.17, 15) is 8.42 Å². The van der Waals surface area contributed by atoms with Gasteiger partial charge in [0, 0.05) is 22.5 Å². The number of aromatic nitrogens is 2. The van der Waals surface area contributed by atoms with Crippen LogP contribution in [0, 0.1) is 0 Å². The molecule has 5 rings (SSSR count). The van der Waals surface area contributed by atoms with Crippen molar-refractivity contribution in [2.75, 3.05) is 10.8 Å². The molecule has 3 heterocycles. The minimum atomic E-state index is -3.64. The predicted octanol–water partition coefficient (Wildman–Crippen LogP) is 4.87. The molecule has 0 unspecified atom stereocenters. The quantitative estimate of drug-likeness (QED) is 0.449. The van der Waals surface area contributed by atoms with Gasteiger partial charge in [0.25, 0.3) is 15.9 Å². The number of sulfonamides is 1. The molecule has 0 spiro atoms. The van der Waals surface area contributed by atoms with E-state index in [1.165, 1.54) is 4.31 Å². The van der Waals surface area contributed by atoms with E-state index in [2.05, 4.69) is 10.1 Å². The summed E-state index contributed by atoms with van der Waals surface area (Å²) >= 11 is 7.05. The number of anilines is 1. The summed E-state index contributed by atoms with van der Waals surface area (Å²) in [7, 11) is -3.64. The summed E-state index contributed by atoms with van der Waals surface area (Å²) in [5, 5.41) is 6.32. The summed E-state index contributed by atoms with van der Waals surface area (Å²) < 4.78 is 33.4. The van der Waals surface area contributed by atoms with Crippen molar-refractivity contribution in [3.8, 4) is 22.8 Å². The van der Waals surface area contributed by atoms with Crippen LogP contribution in [-0.4, -0.2) is 25.1 Å². The average Bonchev–Trinajstić information content (AvgIpc) is 3.46. The first kappa shape index (κ1) is 18.4. The number of hydrogen-bond donors (Lipinski definition) is 0. The average molecular weight is 444 g/mol. The summed E-state index contributed by atoms with van der Waals surface area (Å²) in [4.78, 5) is 4.39. The fourth-order valence-corrected chi connectivity index (χ4v) is 6.18. The highest BCUT2D eigenvalue weighted by Crippen LogP contribution is 2.36. The maximum absolute atomic E-state index is 13.2. The second-order valence-electron chi connectivity index (χ2n) is 6.54. The molecule has 0 radical (unpaired) electrons. The minimum Gasteiger partial charge on any atom is -0.334 e. The van der Waals surface area contributed by atoms with Gasteiger partial charge >= 0.3 is 0 Å². The second kappa shape index (κ2) is 6.98. The molecule has 0 bridgehead atoms. The molecule has 1 aliphatic heterocycles. The highest BCUT2D eigenvalue weighted by atomic mass is 35.5. The van der Waals surface area contributed by atoms with Crippen LogP contribution < -0.4 is 4.31 Å². The summed E-state index contributed by atoms with van der Waals surface area (Å²) in [6, 6.07) is 16.2. The van der Waals surface area contributed by atoms with Gasteiger partial charge in [0.15, 0.2) is 0 Å². The van der Waals surface area contributed by atoms with Crippen LogP contribution in [0.15, 0.2) is 68.7 Å².